The Morgan fingerprint density at radius 3 is 2.61 bits per heavy atom. The van der Waals surface area contributed by atoms with Crippen molar-refractivity contribution >= 4 is 17.7 Å². The summed E-state index contributed by atoms with van der Waals surface area (Å²) in [5.41, 5.74) is -3.11. The lowest BCUT2D eigenvalue weighted by Crippen LogP contribution is -2.60. The van der Waals surface area contributed by atoms with E-state index in [0.717, 1.165) is 12.8 Å². The van der Waals surface area contributed by atoms with Gasteiger partial charge >= 0.3 is 11.9 Å². The van der Waals surface area contributed by atoms with Crippen molar-refractivity contribution in [3.63, 3.8) is 0 Å². The van der Waals surface area contributed by atoms with Gasteiger partial charge in [-0.15, -0.1) is 0 Å². The molecule has 7 nitrogen and oxygen atoms in total. The van der Waals surface area contributed by atoms with Gasteiger partial charge in [-0.3, -0.25) is 4.79 Å². The number of hydrogen-bond acceptors (Lipinski definition) is 7. The van der Waals surface area contributed by atoms with E-state index in [9.17, 15) is 24.6 Å². The van der Waals surface area contributed by atoms with Gasteiger partial charge in [-0.2, -0.15) is 0 Å². The number of hydrogen-bond donors (Lipinski definition) is 2. The number of carbonyl (C=O) groups excluding carboxylic acids is 3. The highest BCUT2D eigenvalue weighted by Gasteiger charge is 2.67. The van der Waals surface area contributed by atoms with Crippen LogP contribution in [0.5, 0.6) is 0 Å². The molecule has 0 aromatic rings. The number of fused-ring (bicyclic) bond motifs is 3. The van der Waals surface area contributed by atoms with Crippen LogP contribution in [0.1, 0.15) is 52.9 Å². The zero-order chi connectivity index (χ0) is 20.7. The Balaban J connectivity index is 2.16. The first-order valence-electron chi connectivity index (χ1n) is 9.66. The highest BCUT2D eigenvalue weighted by Crippen LogP contribution is 2.56. The van der Waals surface area contributed by atoms with Crippen molar-refractivity contribution in [1.29, 1.82) is 0 Å². The molecule has 2 N–H and O–H groups in total. The Hall–Kier alpha value is -2.41. The minimum Gasteiger partial charge on any atom is -0.515 e. The van der Waals surface area contributed by atoms with Crippen LogP contribution in [0.4, 0.5) is 0 Å². The van der Waals surface area contributed by atoms with E-state index in [0.29, 0.717) is 12.7 Å². The van der Waals surface area contributed by atoms with Crippen molar-refractivity contribution < 1.29 is 34.1 Å². The van der Waals surface area contributed by atoms with Gasteiger partial charge in [0.1, 0.15) is 17.3 Å². The number of Topliss-reactive ketones (excluding diaryl/α,β-unsaturated/α-hetero) is 1. The van der Waals surface area contributed by atoms with Gasteiger partial charge in [-0.1, -0.05) is 31.9 Å². The zero-order valence-corrected chi connectivity index (χ0v) is 16.4. The summed E-state index contributed by atoms with van der Waals surface area (Å²) < 4.78 is 11.0. The molecule has 1 saturated heterocycles. The molecule has 4 atom stereocenters. The summed E-state index contributed by atoms with van der Waals surface area (Å²) in [5, 5.41) is 20.9. The average molecular weight is 390 g/mol. The molecule has 0 bridgehead atoms. The predicted molar refractivity (Wildman–Crippen MR) is 99.1 cm³/mol. The summed E-state index contributed by atoms with van der Waals surface area (Å²) >= 11 is 0. The molecule has 0 amide bonds. The number of unbranched alkanes of at least 4 members (excludes halogenated alkanes) is 2. The minimum atomic E-state index is -1.65. The third kappa shape index (κ3) is 2.80. The van der Waals surface area contributed by atoms with Gasteiger partial charge in [0.2, 0.25) is 0 Å². The number of carbonyl (C=O) groups is 3. The molecule has 3 aliphatic rings. The van der Waals surface area contributed by atoms with Gasteiger partial charge in [0.25, 0.3) is 0 Å². The van der Waals surface area contributed by atoms with Crippen molar-refractivity contribution in [2.45, 2.75) is 70.2 Å². The van der Waals surface area contributed by atoms with Crippen LogP contribution < -0.4 is 0 Å². The Labute approximate surface area is 163 Å². The molecule has 0 aromatic carbocycles. The molecular weight excluding hydrogens is 364 g/mol. The quantitative estimate of drug-likeness (QED) is 0.179. The Bertz CT molecular complexity index is 806. The second-order valence-electron chi connectivity index (χ2n) is 7.74. The van der Waals surface area contributed by atoms with Gasteiger partial charge < -0.3 is 19.7 Å². The molecular formula is C21H26O7. The maximum atomic E-state index is 12.9. The van der Waals surface area contributed by atoms with Gasteiger partial charge in [0, 0.05) is 17.9 Å². The first-order chi connectivity index (χ1) is 13.2. The lowest BCUT2D eigenvalue weighted by atomic mass is 9.62. The molecule has 2 fully saturated rings. The summed E-state index contributed by atoms with van der Waals surface area (Å²) in [5.74, 6) is -2.60. The second-order valence-corrected chi connectivity index (χ2v) is 7.74. The van der Waals surface area contributed by atoms with Gasteiger partial charge in [-0.05, 0) is 26.7 Å². The number of aliphatic hydroxyl groups is 2. The molecule has 0 spiro atoms. The molecule has 1 saturated carbocycles. The van der Waals surface area contributed by atoms with Gasteiger partial charge in [0.15, 0.2) is 11.4 Å². The fourth-order valence-electron chi connectivity index (χ4n) is 4.54. The van der Waals surface area contributed by atoms with Crippen LogP contribution in [0.15, 0.2) is 35.1 Å². The third-order valence-corrected chi connectivity index (χ3v) is 6.03. The van der Waals surface area contributed by atoms with E-state index in [-0.39, 0.29) is 35.3 Å². The first kappa shape index (κ1) is 20.3. The van der Waals surface area contributed by atoms with Crippen LogP contribution in [0.25, 0.3) is 0 Å². The molecule has 2 aliphatic heterocycles. The molecule has 1 aliphatic carbocycles. The molecule has 152 valence electrons. The summed E-state index contributed by atoms with van der Waals surface area (Å²) in [6.07, 6.45) is 5.45. The van der Waals surface area contributed by atoms with E-state index in [1.807, 2.05) is 6.92 Å². The van der Waals surface area contributed by atoms with Crippen molar-refractivity contribution in [3.8, 4) is 0 Å². The highest BCUT2D eigenvalue weighted by molar-refractivity contribution is 6.20. The molecule has 0 aromatic heterocycles. The van der Waals surface area contributed by atoms with Crippen LogP contribution in [-0.4, -0.2) is 45.2 Å². The lowest BCUT2D eigenvalue weighted by molar-refractivity contribution is -0.173. The van der Waals surface area contributed by atoms with E-state index in [1.54, 1.807) is 13.0 Å². The summed E-state index contributed by atoms with van der Waals surface area (Å²) in [7, 11) is 0. The van der Waals surface area contributed by atoms with E-state index in [4.69, 9.17) is 9.47 Å². The second kappa shape index (κ2) is 7.20. The normalized spacial score (nSPS) is 35.9. The SMILES string of the molecule is C/C=C/[C@]1(O)CC2/C(=C\O)C(=O)OC2C2=C(C(=O)CCCCC)C(=O)O[C@@]21C. The van der Waals surface area contributed by atoms with E-state index in [2.05, 4.69) is 0 Å². The van der Waals surface area contributed by atoms with Gasteiger partial charge in [-0.25, -0.2) is 9.59 Å². The topological polar surface area (TPSA) is 110 Å². The fourth-order valence-corrected chi connectivity index (χ4v) is 4.54. The van der Waals surface area contributed by atoms with E-state index >= 15 is 0 Å². The smallest absolute Gasteiger partial charge is 0.343 e. The maximum Gasteiger partial charge on any atom is 0.343 e. The number of ketones is 1. The summed E-state index contributed by atoms with van der Waals surface area (Å²) in [4.78, 5) is 37.8. The molecule has 3 rings (SSSR count). The molecule has 0 radical (unpaired) electrons. The zero-order valence-electron chi connectivity index (χ0n) is 16.4. The molecule has 2 heterocycles. The van der Waals surface area contributed by atoms with Gasteiger partial charge in [0.05, 0.1) is 11.8 Å². The first-order valence-corrected chi connectivity index (χ1v) is 9.66. The fraction of sp³-hybridized carbons (Fsp3) is 0.571. The lowest BCUT2D eigenvalue weighted by Gasteiger charge is -2.48. The van der Waals surface area contributed by atoms with Crippen LogP contribution in [0, 0.1) is 5.92 Å². The van der Waals surface area contributed by atoms with Crippen molar-refractivity contribution in [2.75, 3.05) is 0 Å². The molecule has 28 heavy (non-hydrogen) atoms. The third-order valence-electron chi connectivity index (χ3n) is 6.03. The van der Waals surface area contributed by atoms with E-state index in [1.165, 1.54) is 13.0 Å². The number of aliphatic hydroxyl groups excluding tert-OH is 1. The van der Waals surface area contributed by atoms with Crippen LogP contribution in [0.3, 0.4) is 0 Å². The average Bonchev–Trinajstić information content (AvgIpc) is 3.08. The maximum absolute atomic E-state index is 12.9. The van der Waals surface area contributed by atoms with Crippen LogP contribution >= 0.6 is 0 Å². The summed E-state index contributed by atoms with van der Waals surface area (Å²) in [6.45, 7) is 5.26. The van der Waals surface area contributed by atoms with Crippen molar-refractivity contribution in [3.05, 3.63) is 35.1 Å². The van der Waals surface area contributed by atoms with Crippen molar-refractivity contribution in [1.82, 2.24) is 0 Å². The van der Waals surface area contributed by atoms with Crippen LogP contribution in [0.2, 0.25) is 0 Å². The van der Waals surface area contributed by atoms with E-state index < -0.39 is 35.2 Å². The largest absolute Gasteiger partial charge is 0.515 e. The number of esters is 2. The number of rotatable bonds is 6. The molecule has 7 heteroatoms. The number of allylic oxidation sites excluding steroid dienone is 1. The Morgan fingerprint density at radius 2 is 2.00 bits per heavy atom. The predicted octanol–water partition coefficient (Wildman–Crippen LogP) is 2.44. The standard InChI is InChI=1S/C21H26O7/c1-4-6-7-8-14(23)15-16-17-12(13(11-22)18(24)27-17)10-21(26,9-5-2)20(16,3)28-19(15)25/h5,9,11-12,17,22,26H,4,6-8,10H2,1-3H3/b9-5+,13-11+/t12?,17?,20-,21-/m0/s1. The molecule has 2 unspecified atom stereocenters. The van der Waals surface area contributed by atoms with Crippen LogP contribution in [-0.2, 0) is 23.9 Å². The highest BCUT2D eigenvalue weighted by atomic mass is 16.6. The number of ether oxygens (including phenoxy) is 2. The Kier molecular flexibility index (Phi) is 5.23. The Morgan fingerprint density at radius 1 is 1.29 bits per heavy atom. The summed E-state index contributed by atoms with van der Waals surface area (Å²) in [6, 6.07) is 0. The van der Waals surface area contributed by atoms with Crippen molar-refractivity contribution in [2.24, 2.45) is 5.92 Å². The monoisotopic (exact) mass is 390 g/mol. The minimum absolute atomic E-state index is 0.00469.